The molecule has 1 N–H and O–H groups in total. The van der Waals surface area contributed by atoms with Crippen LogP contribution in [0.25, 0.3) is 0 Å². The third-order valence-electron chi connectivity index (χ3n) is 3.94. The number of methoxy groups -OCH3 is 2. The number of nitrogens with zero attached hydrogens (tertiary/aromatic N) is 1. The Labute approximate surface area is 154 Å². The Balaban J connectivity index is 1.97. The first-order valence-electron chi connectivity index (χ1n) is 8.44. The van der Waals surface area contributed by atoms with Gasteiger partial charge in [-0.15, -0.1) is 0 Å². The van der Waals surface area contributed by atoms with Crippen molar-refractivity contribution >= 4 is 17.2 Å². The lowest BCUT2D eigenvalue weighted by Crippen LogP contribution is -2.15. The van der Waals surface area contributed by atoms with E-state index in [1.807, 2.05) is 66.7 Å². The molecule has 0 aromatic heterocycles. The molecule has 3 aromatic rings. The first-order valence-corrected chi connectivity index (χ1v) is 8.44. The molecule has 0 radical (unpaired) electrons. The number of hydrogen-bond donors (Lipinski definition) is 1. The summed E-state index contributed by atoms with van der Waals surface area (Å²) in [6, 6.07) is 25.8. The highest BCUT2D eigenvalue weighted by atomic mass is 16.5. The minimum atomic E-state index is 0.664. The van der Waals surface area contributed by atoms with E-state index in [1.54, 1.807) is 14.2 Å². The third-order valence-corrected chi connectivity index (χ3v) is 3.94. The summed E-state index contributed by atoms with van der Waals surface area (Å²) in [6.45, 7) is 0. The summed E-state index contributed by atoms with van der Waals surface area (Å²) in [5.41, 5.74) is 2.83. The summed E-state index contributed by atoms with van der Waals surface area (Å²) in [5, 5.41) is 3.42. The van der Waals surface area contributed by atoms with E-state index >= 15 is 0 Å². The van der Waals surface area contributed by atoms with E-state index in [0.29, 0.717) is 6.42 Å². The maximum Gasteiger partial charge on any atom is 0.144 e. The van der Waals surface area contributed by atoms with Gasteiger partial charge in [0.05, 0.1) is 19.9 Å². The molecule has 0 heterocycles. The first-order chi connectivity index (χ1) is 12.8. The molecule has 26 heavy (non-hydrogen) atoms. The fraction of sp³-hybridized carbons (Fsp3) is 0.136. The number of aliphatic imine (C=N–C) groups is 1. The molecule has 0 saturated heterocycles. The van der Waals surface area contributed by atoms with Crippen LogP contribution in [-0.2, 0) is 6.42 Å². The van der Waals surface area contributed by atoms with Gasteiger partial charge in [0.25, 0.3) is 0 Å². The molecular weight excluding hydrogens is 324 g/mol. The number of benzene rings is 3. The summed E-state index contributed by atoms with van der Waals surface area (Å²) < 4.78 is 10.9. The molecule has 3 rings (SSSR count). The largest absolute Gasteiger partial charge is 0.495 e. The fourth-order valence-corrected chi connectivity index (χ4v) is 2.67. The van der Waals surface area contributed by atoms with Crippen LogP contribution in [0.4, 0.5) is 11.4 Å². The van der Waals surface area contributed by atoms with Gasteiger partial charge in [-0.2, -0.15) is 0 Å². The summed E-state index contributed by atoms with van der Waals surface area (Å²) in [4.78, 5) is 4.82. The van der Waals surface area contributed by atoms with Crippen molar-refractivity contribution in [3.63, 3.8) is 0 Å². The predicted molar refractivity (Wildman–Crippen MR) is 107 cm³/mol. The van der Waals surface area contributed by atoms with Gasteiger partial charge in [0.2, 0.25) is 0 Å². The summed E-state index contributed by atoms with van der Waals surface area (Å²) in [5.74, 6) is 2.32. The van der Waals surface area contributed by atoms with E-state index in [9.17, 15) is 0 Å². The van der Waals surface area contributed by atoms with Gasteiger partial charge in [-0.1, -0.05) is 54.6 Å². The smallest absolute Gasteiger partial charge is 0.144 e. The monoisotopic (exact) mass is 346 g/mol. The molecule has 0 saturated carbocycles. The average molecular weight is 346 g/mol. The molecule has 0 fully saturated rings. The van der Waals surface area contributed by atoms with Gasteiger partial charge in [0.15, 0.2) is 0 Å². The van der Waals surface area contributed by atoms with Gasteiger partial charge in [-0.25, -0.2) is 4.99 Å². The zero-order valence-corrected chi connectivity index (χ0v) is 15.0. The molecule has 0 bridgehead atoms. The van der Waals surface area contributed by atoms with Crippen molar-refractivity contribution in [3.8, 4) is 11.5 Å². The quantitative estimate of drug-likeness (QED) is 0.499. The van der Waals surface area contributed by atoms with Crippen molar-refractivity contribution in [1.82, 2.24) is 0 Å². The van der Waals surface area contributed by atoms with Crippen LogP contribution in [0.5, 0.6) is 11.5 Å². The molecule has 3 aromatic carbocycles. The van der Waals surface area contributed by atoms with Crippen LogP contribution in [0.15, 0.2) is 83.9 Å². The Morgan fingerprint density at radius 2 is 1.38 bits per heavy atom. The molecule has 0 unspecified atom stereocenters. The van der Waals surface area contributed by atoms with Crippen molar-refractivity contribution in [2.75, 3.05) is 19.5 Å². The predicted octanol–water partition coefficient (Wildman–Crippen LogP) is 5.09. The fourth-order valence-electron chi connectivity index (χ4n) is 2.67. The minimum Gasteiger partial charge on any atom is -0.495 e. The highest BCUT2D eigenvalue weighted by Crippen LogP contribution is 2.28. The lowest BCUT2D eigenvalue weighted by Gasteiger charge is -2.14. The third kappa shape index (κ3) is 4.42. The molecule has 4 nitrogen and oxygen atoms in total. The molecule has 0 aliphatic carbocycles. The van der Waals surface area contributed by atoms with Crippen LogP contribution in [0, 0.1) is 0 Å². The van der Waals surface area contributed by atoms with Crippen molar-refractivity contribution in [1.29, 1.82) is 0 Å². The SMILES string of the molecule is COc1ccccc1N=C(Cc1ccccc1)Nc1ccccc1OC. The molecule has 132 valence electrons. The molecule has 0 atom stereocenters. The van der Waals surface area contributed by atoms with Crippen LogP contribution in [0.3, 0.4) is 0 Å². The zero-order valence-electron chi connectivity index (χ0n) is 15.0. The molecule has 0 aliphatic heterocycles. The highest BCUT2D eigenvalue weighted by Gasteiger charge is 2.09. The van der Waals surface area contributed by atoms with E-state index < -0.39 is 0 Å². The number of anilines is 1. The van der Waals surface area contributed by atoms with Crippen molar-refractivity contribution < 1.29 is 9.47 Å². The van der Waals surface area contributed by atoms with Gasteiger partial charge >= 0.3 is 0 Å². The minimum absolute atomic E-state index is 0.664. The molecule has 0 aliphatic rings. The lowest BCUT2D eigenvalue weighted by atomic mass is 10.1. The topological polar surface area (TPSA) is 42.8 Å². The first kappa shape index (κ1) is 17.5. The normalized spacial score (nSPS) is 11.1. The number of hydrogen-bond acceptors (Lipinski definition) is 3. The number of amidine groups is 1. The van der Waals surface area contributed by atoms with E-state index in [-0.39, 0.29) is 0 Å². The lowest BCUT2D eigenvalue weighted by molar-refractivity contribution is 0.416. The van der Waals surface area contributed by atoms with Crippen molar-refractivity contribution in [3.05, 3.63) is 84.4 Å². The van der Waals surface area contributed by atoms with E-state index in [2.05, 4.69) is 17.4 Å². The highest BCUT2D eigenvalue weighted by molar-refractivity contribution is 5.99. The zero-order chi connectivity index (χ0) is 18.2. The Morgan fingerprint density at radius 3 is 2.12 bits per heavy atom. The van der Waals surface area contributed by atoms with Crippen molar-refractivity contribution in [2.24, 2.45) is 4.99 Å². The molecule has 4 heteroatoms. The van der Waals surface area contributed by atoms with Crippen LogP contribution >= 0.6 is 0 Å². The summed E-state index contributed by atoms with van der Waals surface area (Å²) in [7, 11) is 3.31. The second-order valence-electron chi connectivity index (χ2n) is 5.72. The van der Waals surface area contributed by atoms with E-state index in [0.717, 1.165) is 28.7 Å². The Bertz CT molecular complexity index is 876. The van der Waals surface area contributed by atoms with Gasteiger partial charge < -0.3 is 14.8 Å². The number of para-hydroxylation sites is 4. The summed E-state index contributed by atoms with van der Waals surface area (Å²) in [6.07, 6.45) is 0.664. The number of rotatable bonds is 6. The van der Waals surface area contributed by atoms with E-state index in [4.69, 9.17) is 14.5 Å². The number of ether oxygens (including phenoxy) is 2. The van der Waals surface area contributed by atoms with Gasteiger partial charge in [0.1, 0.15) is 23.0 Å². The van der Waals surface area contributed by atoms with Gasteiger partial charge in [0, 0.05) is 6.42 Å². The standard InChI is InChI=1S/C22H22N2O2/c1-25-20-14-8-6-12-18(20)23-22(16-17-10-4-3-5-11-17)24-19-13-7-9-15-21(19)26-2/h3-15H,16H2,1-2H3,(H,23,24). The van der Waals surface area contributed by atoms with Gasteiger partial charge in [-0.05, 0) is 29.8 Å². The van der Waals surface area contributed by atoms with Crippen LogP contribution < -0.4 is 14.8 Å². The van der Waals surface area contributed by atoms with E-state index in [1.165, 1.54) is 5.56 Å². The summed E-state index contributed by atoms with van der Waals surface area (Å²) >= 11 is 0. The van der Waals surface area contributed by atoms with Crippen molar-refractivity contribution in [2.45, 2.75) is 6.42 Å². The average Bonchev–Trinajstić information content (AvgIpc) is 2.69. The molecule has 0 amide bonds. The van der Waals surface area contributed by atoms with Crippen LogP contribution in [0.2, 0.25) is 0 Å². The maximum atomic E-state index is 5.45. The second kappa shape index (κ2) is 8.72. The molecule has 0 spiro atoms. The van der Waals surface area contributed by atoms with Crippen LogP contribution in [0.1, 0.15) is 5.56 Å². The maximum absolute atomic E-state index is 5.45. The Hall–Kier alpha value is -3.27. The van der Waals surface area contributed by atoms with Crippen LogP contribution in [-0.4, -0.2) is 20.1 Å². The number of nitrogens with one attached hydrogen (secondary N) is 1. The Morgan fingerprint density at radius 1 is 0.769 bits per heavy atom. The Kier molecular flexibility index (Phi) is 5.88. The van der Waals surface area contributed by atoms with Gasteiger partial charge in [-0.3, -0.25) is 0 Å². The second-order valence-corrected chi connectivity index (χ2v) is 5.72. The molecular formula is C22H22N2O2.